The van der Waals surface area contributed by atoms with Crippen molar-refractivity contribution in [1.82, 2.24) is 20.1 Å². The number of amides is 1. The maximum atomic E-state index is 12.5. The zero-order valence-corrected chi connectivity index (χ0v) is 12.3. The molecule has 1 fully saturated rings. The van der Waals surface area contributed by atoms with Crippen LogP contribution in [0.3, 0.4) is 0 Å². The zero-order chi connectivity index (χ0) is 15.1. The number of carbonyl (C=O) groups is 1. The SMILES string of the molecule is O=C(c1cccc(=O)[nH]1)N1CCc2[nH]nc(C3CC3)c2CC1. The number of pyridine rings is 1. The third-order valence-electron chi connectivity index (χ3n) is 4.50. The first kappa shape index (κ1) is 13.3. The number of nitrogens with zero attached hydrogens (tertiary/aromatic N) is 2. The molecule has 2 aromatic heterocycles. The molecule has 0 bridgehead atoms. The van der Waals surface area contributed by atoms with Crippen LogP contribution < -0.4 is 5.56 Å². The second-order valence-electron chi connectivity index (χ2n) is 6.06. The Hall–Kier alpha value is -2.37. The van der Waals surface area contributed by atoms with Crippen molar-refractivity contribution in [3.8, 4) is 0 Å². The highest BCUT2D eigenvalue weighted by molar-refractivity contribution is 5.92. The van der Waals surface area contributed by atoms with Gasteiger partial charge in [0.05, 0.1) is 5.69 Å². The monoisotopic (exact) mass is 298 g/mol. The molecule has 22 heavy (non-hydrogen) atoms. The van der Waals surface area contributed by atoms with Crippen LogP contribution in [0.1, 0.15) is 46.2 Å². The standard InChI is InChI=1S/C16H18N4O2/c21-14-3-1-2-13(17-14)16(22)20-8-6-11-12(7-9-20)18-19-15(11)10-4-5-10/h1-3,10H,4-9H2,(H,17,21)(H,18,19). The predicted octanol–water partition coefficient (Wildman–Crippen LogP) is 1.22. The predicted molar refractivity (Wildman–Crippen MR) is 80.9 cm³/mol. The molecule has 1 saturated carbocycles. The fourth-order valence-corrected chi connectivity index (χ4v) is 3.15. The van der Waals surface area contributed by atoms with Crippen molar-refractivity contribution in [2.24, 2.45) is 0 Å². The summed E-state index contributed by atoms with van der Waals surface area (Å²) in [4.78, 5) is 28.3. The van der Waals surface area contributed by atoms with Crippen LogP contribution in [-0.2, 0) is 12.8 Å². The Bertz CT molecular complexity index is 772. The second kappa shape index (κ2) is 5.12. The van der Waals surface area contributed by atoms with Gasteiger partial charge in [0.15, 0.2) is 0 Å². The van der Waals surface area contributed by atoms with E-state index in [2.05, 4.69) is 15.2 Å². The van der Waals surface area contributed by atoms with Gasteiger partial charge in [-0.15, -0.1) is 0 Å². The Labute approximate surface area is 127 Å². The van der Waals surface area contributed by atoms with Gasteiger partial charge in [-0.2, -0.15) is 5.10 Å². The van der Waals surface area contributed by atoms with Gasteiger partial charge in [0.25, 0.3) is 5.91 Å². The maximum Gasteiger partial charge on any atom is 0.270 e. The van der Waals surface area contributed by atoms with Crippen molar-refractivity contribution < 1.29 is 4.79 Å². The van der Waals surface area contributed by atoms with Gasteiger partial charge >= 0.3 is 0 Å². The van der Waals surface area contributed by atoms with Crippen LogP contribution in [-0.4, -0.2) is 39.1 Å². The summed E-state index contributed by atoms with van der Waals surface area (Å²) < 4.78 is 0. The van der Waals surface area contributed by atoms with Crippen LogP contribution in [0.4, 0.5) is 0 Å². The first-order valence-corrected chi connectivity index (χ1v) is 7.77. The lowest BCUT2D eigenvalue weighted by Crippen LogP contribution is -2.34. The summed E-state index contributed by atoms with van der Waals surface area (Å²) >= 11 is 0. The number of fused-ring (bicyclic) bond motifs is 1. The molecule has 1 aliphatic carbocycles. The van der Waals surface area contributed by atoms with Crippen molar-refractivity contribution in [3.63, 3.8) is 0 Å². The van der Waals surface area contributed by atoms with E-state index in [9.17, 15) is 9.59 Å². The van der Waals surface area contributed by atoms with Gasteiger partial charge < -0.3 is 9.88 Å². The minimum absolute atomic E-state index is 0.108. The van der Waals surface area contributed by atoms with E-state index >= 15 is 0 Å². The minimum Gasteiger partial charge on any atom is -0.337 e. The number of hydrogen-bond donors (Lipinski definition) is 2. The van der Waals surface area contributed by atoms with Crippen molar-refractivity contribution in [3.05, 3.63) is 51.2 Å². The molecule has 4 rings (SSSR count). The molecule has 1 amide bonds. The number of carbonyl (C=O) groups excluding carboxylic acids is 1. The number of nitrogens with one attached hydrogen (secondary N) is 2. The van der Waals surface area contributed by atoms with Crippen molar-refractivity contribution in [2.75, 3.05) is 13.1 Å². The van der Waals surface area contributed by atoms with E-state index in [0.717, 1.165) is 12.8 Å². The van der Waals surface area contributed by atoms with E-state index in [0.29, 0.717) is 24.7 Å². The highest BCUT2D eigenvalue weighted by Crippen LogP contribution is 2.41. The van der Waals surface area contributed by atoms with E-state index in [-0.39, 0.29) is 11.5 Å². The lowest BCUT2D eigenvalue weighted by atomic mass is 10.1. The molecule has 3 heterocycles. The summed E-state index contributed by atoms with van der Waals surface area (Å²) in [6.45, 7) is 1.32. The lowest BCUT2D eigenvalue weighted by molar-refractivity contribution is 0.0756. The van der Waals surface area contributed by atoms with E-state index in [1.54, 1.807) is 12.1 Å². The molecule has 114 valence electrons. The Morgan fingerprint density at radius 3 is 2.82 bits per heavy atom. The molecule has 6 nitrogen and oxygen atoms in total. The Morgan fingerprint density at radius 2 is 2.05 bits per heavy atom. The Kier molecular flexibility index (Phi) is 3.10. The molecular formula is C16H18N4O2. The van der Waals surface area contributed by atoms with Crippen molar-refractivity contribution >= 4 is 5.91 Å². The van der Waals surface area contributed by atoms with Crippen LogP contribution in [0.15, 0.2) is 23.0 Å². The maximum absolute atomic E-state index is 12.5. The van der Waals surface area contributed by atoms with Crippen LogP contribution in [0.2, 0.25) is 0 Å². The first-order chi connectivity index (χ1) is 10.7. The number of H-pyrrole nitrogens is 2. The molecule has 2 aromatic rings. The molecule has 2 N–H and O–H groups in total. The van der Waals surface area contributed by atoms with Gasteiger partial charge in [-0.3, -0.25) is 14.7 Å². The fourth-order valence-electron chi connectivity index (χ4n) is 3.15. The molecule has 1 aliphatic heterocycles. The number of aromatic nitrogens is 3. The second-order valence-corrected chi connectivity index (χ2v) is 6.06. The first-order valence-electron chi connectivity index (χ1n) is 7.77. The van der Waals surface area contributed by atoms with Gasteiger partial charge in [-0.05, 0) is 30.9 Å². The molecule has 0 radical (unpaired) electrons. The van der Waals surface area contributed by atoms with Gasteiger partial charge in [0.1, 0.15) is 5.69 Å². The summed E-state index contributed by atoms with van der Waals surface area (Å²) in [5.74, 6) is 0.511. The van der Waals surface area contributed by atoms with Crippen LogP contribution in [0.25, 0.3) is 0 Å². The third-order valence-corrected chi connectivity index (χ3v) is 4.50. The number of aromatic amines is 2. The Morgan fingerprint density at radius 1 is 1.23 bits per heavy atom. The summed E-state index contributed by atoms with van der Waals surface area (Å²) in [6, 6.07) is 4.68. The smallest absolute Gasteiger partial charge is 0.270 e. The quantitative estimate of drug-likeness (QED) is 0.874. The number of rotatable bonds is 2. The summed E-state index contributed by atoms with van der Waals surface area (Å²) in [6.07, 6.45) is 4.08. The summed E-state index contributed by atoms with van der Waals surface area (Å²) in [5.41, 5.74) is 3.79. The molecule has 2 aliphatic rings. The summed E-state index contributed by atoms with van der Waals surface area (Å²) in [5, 5.41) is 7.62. The van der Waals surface area contributed by atoms with Crippen molar-refractivity contribution in [2.45, 2.75) is 31.6 Å². The van der Waals surface area contributed by atoms with E-state index < -0.39 is 0 Å². The van der Waals surface area contributed by atoms with E-state index in [1.165, 1.54) is 35.9 Å². The van der Waals surface area contributed by atoms with Crippen LogP contribution in [0, 0.1) is 0 Å². The normalized spacial score (nSPS) is 17.9. The van der Waals surface area contributed by atoms with Crippen LogP contribution in [0.5, 0.6) is 0 Å². The number of hydrogen-bond acceptors (Lipinski definition) is 3. The fraction of sp³-hybridized carbons (Fsp3) is 0.438. The highest BCUT2D eigenvalue weighted by atomic mass is 16.2. The largest absolute Gasteiger partial charge is 0.337 e. The molecule has 0 spiro atoms. The molecule has 0 saturated heterocycles. The Balaban J connectivity index is 1.54. The van der Waals surface area contributed by atoms with E-state index in [1.807, 2.05) is 4.90 Å². The topological polar surface area (TPSA) is 81.9 Å². The lowest BCUT2D eigenvalue weighted by Gasteiger charge is -2.20. The third kappa shape index (κ3) is 2.34. The van der Waals surface area contributed by atoms with Gasteiger partial charge in [0.2, 0.25) is 5.56 Å². The summed E-state index contributed by atoms with van der Waals surface area (Å²) in [7, 11) is 0. The average molecular weight is 298 g/mol. The minimum atomic E-state index is -0.244. The molecule has 0 unspecified atom stereocenters. The van der Waals surface area contributed by atoms with E-state index in [4.69, 9.17) is 0 Å². The van der Waals surface area contributed by atoms with Gasteiger partial charge in [0, 0.05) is 37.2 Å². The molecule has 0 aromatic carbocycles. The average Bonchev–Trinajstić information content (AvgIpc) is 3.32. The molecule has 0 atom stereocenters. The van der Waals surface area contributed by atoms with Crippen LogP contribution >= 0.6 is 0 Å². The zero-order valence-electron chi connectivity index (χ0n) is 12.3. The van der Waals surface area contributed by atoms with Gasteiger partial charge in [-0.25, -0.2) is 0 Å². The highest BCUT2D eigenvalue weighted by Gasteiger charge is 2.31. The van der Waals surface area contributed by atoms with Gasteiger partial charge in [-0.1, -0.05) is 6.07 Å². The molecular weight excluding hydrogens is 280 g/mol. The molecule has 6 heteroatoms. The van der Waals surface area contributed by atoms with Crippen molar-refractivity contribution in [1.29, 1.82) is 0 Å².